The van der Waals surface area contributed by atoms with Gasteiger partial charge in [-0.2, -0.15) is 13.2 Å². The molecule has 0 bridgehead atoms. The Morgan fingerprint density at radius 2 is 1.89 bits per heavy atom. The van der Waals surface area contributed by atoms with Crippen molar-refractivity contribution in [3.63, 3.8) is 0 Å². The summed E-state index contributed by atoms with van der Waals surface area (Å²) in [7, 11) is 0. The summed E-state index contributed by atoms with van der Waals surface area (Å²) in [6.45, 7) is 0.635. The summed E-state index contributed by atoms with van der Waals surface area (Å²) in [4.78, 5) is 28.6. The van der Waals surface area contributed by atoms with Crippen LogP contribution in [0.4, 0.5) is 19.0 Å². The molecule has 12 nitrogen and oxygen atoms in total. The number of nitrogens with zero attached hydrogens (tertiary/aromatic N) is 4. The molecule has 15 heteroatoms. The van der Waals surface area contributed by atoms with Crippen LogP contribution in [0, 0.1) is 10.1 Å². The number of piperidine rings is 1. The summed E-state index contributed by atoms with van der Waals surface area (Å²) in [6, 6.07) is 6.68. The van der Waals surface area contributed by atoms with Crippen LogP contribution in [0.2, 0.25) is 0 Å². The maximum atomic E-state index is 12.5. The molecule has 2 aliphatic heterocycles. The predicted molar refractivity (Wildman–Crippen MR) is 125 cm³/mol. The molecule has 2 aromatic rings. The fraction of sp³-hybridized carbons (Fsp3) is 0.565. The highest BCUT2D eigenvalue weighted by molar-refractivity contribution is 5.78. The quantitative estimate of drug-likeness (QED) is 0.257. The zero-order chi connectivity index (χ0) is 27.1. The maximum Gasteiger partial charge on any atom is 0.414 e. The molecule has 1 amide bonds. The van der Waals surface area contributed by atoms with Crippen LogP contribution >= 0.6 is 0 Å². The zero-order valence-corrected chi connectivity index (χ0v) is 20.4. The van der Waals surface area contributed by atoms with Gasteiger partial charge in [-0.3, -0.25) is 14.3 Å². The lowest BCUT2D eigenvalue weighted by Gasteiger charge is -2.32. The lowest BCUT2D eigenvalue weighted by Crippen LogP contribution is -2.49. The predicted octanol–water partition coefficient (Wildman–Crippen LogP) is 2.17. The van der Waals surface area contributed by atoms with Crippen LogP contribution in [-0.4, -0.2) is 89.7 Å². The third-order valence-electron chi connectivity index (χ3n) is 5.90. The number of ether oxygens (including phenoxy) is 4. The number of fused-ring (bicyclic) bond motifs is 1. The molecule has 0 aliphatic carbocycles. The molecule has 38 heavy (non-hydrogen) atoms. The van der Waals surface area contributed by atoms with Gasteiger partial charge in [-0.15, -0.1) is 0 Å². The number of nitro groups is 1. The molecule has 0 saturated carbocycles. The number of rotatable bonds is 11. The van der Waals surface area contributed by atoms with Crippen molar-refractivity contribution in [3.8, 4) is 17.5 Å². The van der Waals surface area contributed by atoms with Gasteiger partial charge in [-0.25, -0.2) is 0 Å². The first-order valence-electron chi connectivity index (χ1n) is 12.0. The number of halogens is 3. The van der Waals surface area contributed by atoms with Gasteiger partial charge < -0.3 is 34.4 Å². The third kappa shape index (κ3) is 8.21. The number of carbonyl (C=O) groups excluding carboxylic acids is 1. The second-order valence-corrected chi connectivity index (χ2v) is 8.95. The van der Waals surface area contributed by atoms with E-state index in [4.69, 9.17) is 14.2 Å². The number of amides is 1. The van der Waals surface area contributed by atoms with Gasteiger partial charge in [0.2, 0.25) is 5.91 Å². The third-order valence-corrected chi connectivity index (χ3v) is 5.90. The minimum absolute atomic E-state index is 0.00319. The van der Waals surface area contributed by atoms with Gasteiger partial charge >= 0.3 is 18.0 Å². The van der Waals surface area contributed by atoms with Crippen molar-refractivity contribution >= 4 is 11.7 Å². The lowest BCUT2D eigenvalue weighted by atomic mass is 10.1. The highest BCUT2D eigenvalue weighted by Gasteiger charge is 2.30. The van der Waals surface area contributed by atoms with Crippen molar-refractivity contribution in [3.05, 3.63) is 40.6 Å². The van der Waals surface area contributed by atoms with Gasteiger partial charge in [-0.05, 0) is 42.0 Å². The first kappa shape index (κ1) is 27.4. The number of aromatic nitrogens is 2. The van der Waals surface area contributed by atoms with Gasteiger partial charge in [0, 0.05) is 18.1 Å². The molecular weight excluding hydrogens is 515 g/mol. The summed E-state index contributed by atoms with van der Waals surface area (Å²) in [5, 5.41) is 13.8. The summed E-state index contributed by atoms with van der Waals surface area (Å²) in [6.07, 6.45) is -1.61. The molecule has 1 N–H and O–H groups in total. The molecule has 1 fully saturated rings. The second-order valence-electron chi connectivity index (χ2n) is 8.95. The molecular formula is C23H28F3N5O7. The molecule has 208 valence electrons. The fourth-order valence-electron chi connectivity index (χ4n) is 4.15. The van der Waals surface area contributed by atoms with Crippen LogP contribution in [0.5, 0.6) is 17.5 Å². The summed E-state index contributed by atoms with van der Waals surface area (Å²) in [5.41, 5.74) is 0. The van der Waals surface area contributed by atoms with E-state index in [1.807, 2.05) is 4.90 Å². The number of carbonyl (C=O) groups is 1. The number of imidazole rings is 1. The van der Waals surface area contributed by atoms with E-state index in [0.29, 0.717) is 31.1 Å². The minimum Gasteiger partial charge on any atom is -0.491 e. The summed E-state index contributed by atoms with van der Waals surface area (Å²) < 4.78 is 59.0. The van der Waals surface area contributed by atoms with E-state index in [0.717, 1.165) is 12.8 Å². The first-order chi connectivity index (χ1) is 18.1. The Kier molecular flexibility index (Phi) is 8.89. The molecule has 2 aliphatic rings. The van der Waals surface area contributed by atoms with Gasteiger partial charge in [0.1, 0.15) is 43.6 Å². The van der Waals surface area contributed by atoms with Gasteiger partial charge in [0.15, 0.2) is 0 Å². The van der Waals surface area contributed by atoms with E-state index in [9.17, 15) is 28.1 Å². The molecule has 1 saturated heterocycles. The van der Waals surface area contributed by atoms with Crippen LogP contribution in [0.3, 0.4) is 0 Å². The number of hydrogen-bond acceptors (Lipinski definition) is 9. The average molecular weight is 543 g/mol. The molecule has 1 aromatic heterocycles. The number of benzene rings is 1. The van der Waals surface area contributed by atoms with Gasteiger partial charge in [0.25, 0.3) is 0 Å². The fourth-order valence-corrected chi connectivity index (χ4v) is 4.15. The smallest absolute Gasteiger partial charge is 0.414 e. The van der Waals surface area contributed by atoms with Crippen LogP contribution < -0.4 is 19.5 Å². The van der Waals surface area contributed by atoms with Crippen molar-refractivity contribution < 1.29 is 41.8 Å². The van der Waals surface area contributed by atoms with Crippen molar-refractivity contribution in [1.29, 1.82) is 0 Å². The van der Waals surface area contributed by atoms with Crippen LogP contribution in [0.15, 0.2) is 30.5 Å². The largest absolute Gasteiger partial charge is 0.491 e. The number of hydrogen-bond donors (Lipinski definition) is 1. The zero-order valence-electron chi connectivity index (χ0n) is 20.4. The van der Waals surface area contributed by atoms with E-state index in [1.54, 1.807) is 24.3 Å². The van der Waals surface area contributed by atoms with E-state index in [2.05, 4.69) is 15.0 Å². The number of nitrogens with one attached hydrogen (secondary N) is 1. The van der Waals surface area contributed by atoms with E-state index >= 15 is 0 Å². The molecule has 4 rings (SSSR count). The van der Waals surface area contributed by atoms with Gasteiger partial charge in [0.05, 0.1) is 25.7 Å². The van der Waals surface area contributed by atoms with Crippen LogP contribution in [0.25, 0.3) is 0 Å². The number of alkyl halides is 3. The average Bonchev–Trinajstić information content (AvgIpc) is 3.29. The summed E-state index contributed by atoms with van der Waals surface area (Å²) in [5.74, 6) is 0.697. The van der Waals surface area contributed by atoms with Crippen molar-refractivity contribution in [2.75, 3.05) is 46.1 Å². The topological polar surface area (TPSA) is 130 Å². The van der Waals surface area contributed by atoms with E-state index in [1.165, 1.54) is 10.8 Å². The first-order valence-corrected chi connectivity index (χ1v) is 12.0. The lowest BCUT2D eigenvalue weighted by molar-refractivity contribution is -0.389. The maximum absolute atomic E-state index is 12.5. The number of likely N-dealkylation sites (tertiary alicyclic amines) is 1. The Morgan fingerprint density at radius 3 is 2.58 bits per heavy atom. The Hall–Kier alpha value is -3.59. The van der Waals surface area contributed by atoms with E-state index in [-0.39, 0.29) is 56.2 Å². The van der Waals surface area contributed by atoms with Crippen molar-refractivity contribution in [2.45, 2.75) is 37.7 Å². The Labute approximate surface area is 215 Å². The highest BCUT2D eigenvalue weighted by Crippen LogP contribution is 2.23. The monoisotopic (exact) mass is 543 g/mol. The Bertz CT molecular complexity index is 1090. The highest BCUT2D eigenvalue weighted by atomic mass is 19.4. The minimum atomic E-state index is -4.35. The summed E-state index contributed by atoms with van der Waals surface area (Å²) >= 11 is 0. The second kappa shape index (κ2) is 12.3. The molecule has 0 unspecified atom stereocenters. The molecule has 0 spiro atoms. The van der Waals surface area contributed by atoms with E-state index < -0.39 is 17.7 Å². The molecule has 1 atom stereocenters. The standard InChI is InChI=1S/C23H28F3N5O7/c24-23(25,26)15-35-9-10-36-17-1-3-18(4-2-17)38-19-5-7-29(8-6-19)13-21(32)27-16-11-30-12-20(31(33)34)28-22(30)37-14-16/h1-4,12,16,19H,5-11,13-15H2,(H,27,32)/t16-/m0/s1. The van der Waals surface area contributed by atoms with Gasteiger partial charge in [-0.1, -0.05) is 0 Å². The van der Waals surface area contributed by atoms with Crippen molar-refractivity contribution in [1.82, 2.24) is 19.8 Å². The van der Waals surface area contributed by atoms with Crippen LogP contribution in [-0.2, 0) is 16.1 Å². The molecule has 3 heterocycles. The normalized spacial score (nSPS) is 18.3. The SMILES string of the molecule is O=C(CN1CCC(Oc2ccc(OCCOCC(F)(F)F)cc2)CC1)N[C@@H]1COc2nc([N+](=O)[O-])cn2C1. The molecule has 1 aromatic carbocycles. The van der Waals surface area contributed by atoms with Crippen molar-refractivity contribution in [2.24, 2.45) is 0 Å². The van der Waals surface area contributed by atoms with Crippen LogP contribution in [0.1, 0.15) is 12.8 Å². The Balaban J connectivity index is 1.12. The molecule has 0 radical (unpaired) electrons. The Morgan fingerprint density at radius 1 is 1.18 bits per heavy atom.